The molecule has 0 unspecified atom stereocenters. The van der Waals surface area contributed by atoms with Crippen molar-refractivity contribution in [1.29, 1.82) is 0 Å². The van der Waals surface area contributed by atoms with E-state index in [1.54, 1.807) is 0 Å². The molecular weight excluding hydrogens is 186 g/mol. The Labute approximate surface area is 95.8 Å². The van der Waals surface area contributed by atoms with Gasteiger partial charge in [0.15, 0.2) is 0 Å². The van der Waals surface area contributed by atoms with Crippen LogP contribution in [0.25, 0.3) is 0 Å². The van der Waals surface area contributed by atoms with E-state index in [0.29, 0.717) is 12.0 Å². The second-order valence-corrected chi connectivity index (χ2v) is 4.70. The molecule has 0 fully saturated rings. The lowest BCUT2D eigenvalue weighted by Gasteiger charge is -2.17. The molecule has 0 saturated carbocycles. The van der Waals surface area contributed by atoms with Gasteiger partial charge in [-0.1, -0.05) is 40.5 Å². The SMILES string of the molecule is CCCC(CCC)NCCOCC(C)C. The van der Waals surface area contributed by atoms with Crippen LogP contribution < -0.4 is 5.32 Å². The van der Waals surface area contributed by atoms with Crippen LogP contribution in [0.1, 0.15) is 53.4 Å². The van der Waals surface area contributed by atoms with Crippen molar-refractivity contribution in [2.45, 2.75) is 59.4 Å². The second kappa shape index (κ2) is 10.4. The lowest BCUT2D eigenvalue weighted by molar-refractivity contribution is 0.109. The summed E-state index contributed by atoms with van der Waals surface area (Å²) in [6, 6.07) is 0.697. The van der Waals surface area contributed by atoms with E-state index in [1.165, 1.54) is 25.7 Å². The highest BCUT2D eigenvalue weighted by Crippen LogP contribution is 2.03. The van der Waals surface area contributed by atoms with Crippen molar-refractivity contribution in [3.05, 3.63) is 0 Å². The first-order chi connectivity index (χ1) is 7.20. The van der Waals surface area contributed by atoms with E-state index in [9.17, 15) is 0 Å². The highest BCUT2D eigenvalue weighted by atomic mass is 16.5. The first kappa shape index (κ1) is 14.9. The summed E-state index contributed by atoms with van der Waals surface area (Å²) in [6.07, 6.45) is 5.12. The van der Waals surface area contributed by atoms with Crippen LogP contribution in [-0.2, 0) is 4.74 Å². The summed E-state index contributed by atoms with van der Waals surface area (Å²) in [7, 11) is 0. The molecule has 0 saturated heterocycles. The van der Waals surface area contributed by atoms with E-state index in [0.717, 1.165) is 19.8 Å². The Morgan fingerprint density at radius 2 is 1.67 bits per heavy atom. The van der Waals surface area contributed by atoms with Crippen LogP contribution >= 0.6 is 0 Å². The van der Waals surface area contributed by atoms with Gasteiger partial charge < -0.3 is 10.1 Å². The Morgan fingerprint density at radius 3 is 2.13 bits per heavy atom. The first-order valence-corrected chi connectivity index (χ1v) is 6.51. The molecule has 0 spiro atoms. The summed E-state index contributed by atoms with van der Waals surface area (Å²) in [6.45, 7) is 11.6. The Bertz CT molecular complexity index is 120. The standard InChI is InChI=1S/C13H29NO/c1-5-7-13(8-6-2)14-9-10-15-11-12(3)4/h12-14H,5-11H2,1-4H3. The number of rotatable bonds is 10. The molecule has 0 atom stereocenters. The minimum absolute atomic E-state index is 0.645. The minimum Gasteiger partial charge on any atom is -0.380 e. The Balaban J connectivity index is 3.36. The quantitative estimate of drug-likeness (QED) is 0.565. The molecule has 0 heterocycles. The molecule has 0 radical (unpaired) electrons. The van der Waals surface area contributed by atoms with Gasteiger partial charge in [-0.3, -0.25) is 0 Å². The molecule has 0 aliphatic carbocycles. The van der Waals surface area contributed by atoms with E-state index in [1.807, 2.05) is 0 Å². The summed E-state index contributed by atoms with van der Waals surface area (Å²) in [5.74, 6) is 0.645. The third-order valence-corrected chi connectivity index (χ3v) is 2.40. The molecule has 0 bridgehead atoms. The zero-order valence-corrected chi connectivity index (χ0v) is 11.0. The predicted molar refractivity (Wildman–Crippen MR) is 67.3 cm³/mol. The summed E-state index contributed by atoms with van der Waals surface area (Å²) in [5, 5.41) is 3.57. The fourth-order valence-electron chi connectivity index (χ4n) is 1.70. The van der Waals surface area contributed by atoms with Crippen LogP contribution in [0.2, 0.25) is 0 Å². The number of ether oxygens (including phenoxy) is 1. The smallest absolute Gasteiger partial charge is 0.0591 e. The second-order valence-electron chi connectivity index (χ2n) is 4.70. The van der Waals surface area contributed by atoms with Gasteiger partial charge in [-0.2, -0.15) is 0 Å². The largest absolute Gasteiger partial charge is 0.380 e. The van der Waals surface area contributed by atoms with Gasteiger partial charge >= 0.3 is 0 Å². The summed E-state index contributed by atoms with van der Waals surface area (Å²) in [5.41, 5.74) is 0. The van der Waals surface area contributed by atoms with Crippen molar-refractivity contribution < 1.29 is 4.74 Å². The zero-order valence-electron chi connectivity index (χ0n) is 11.0. The lowest BCUT2D eigenvalue weighted by atomic mass is 10.1. The molecule has 0 aliphatic rings. The van der Waals surface area contributed by atoms with Gasteiger partial charge in [0, 0.05) is 19.2 Å². The molecule has 1 N–H and O–H groups in total. The van der Waals surface area contributed by atoms with Gasteiger partial charge in [0.1, 0.15) is 0 Å². The van der Waals surface area contributed by atoms with Gasteiger partial charge in [0.25, 0.3) is 0 Å². The van der Waals surface area contributed by atoms with Crippen LogP contribution in [0.5, 0.6) is 0 Å². The summed E-state index contributed by atoms with van der Waals surface area (Å²) < 4.78 is 5.54. The van der Waals surface area contributed by atoms with Crippen LogP contribution in [0.15, 0.2) is 0 Å². The molecule has 0 rings (SSSR count). The molecular formula is C13H29NO. The van der Waals surface area contributed by atoms with Crippen molar-refractivity contribution in [3.8, 4) is 0 Å². The maximum absolute atomic E-state index is 5.54. The van der Waals surface area contributed by atoms with Crippen LogP contribution in [0, 0.1) is 5.92 Å². The van der Waals surface area contributed by atoms with E-state index in [-0.39, 0.29) is 0 Å². The highest BCUT2D eigenvalue weighted by molar-refractivity contribution is 4.65. The maximum atomic E-state index is 5.54. The average Bonchev–Trinajstić information content (AvgIpc) is 2.17. The van der Waals surface area contributed by atoms with Crippen molar-refractivity contribution in [1.82, 2.24) is 5.32 Å². The third-order valence-electron chi connectivity index (χ3n) is 2.40. The minimum atomic E-state index is 0.645. The molecule has 2 nitrogen and oxygen atoms in total. The van der Waals surface area contributed by atoms with Crippen molar-refractivity contribution in [2.75, 3.05) is 19.8 Å². The molecule has 2 heteroatoms. The molecule has 92 valence electrons. The summed E-state index contributed by atoms with van der Waals surface area (Å²) in [4.78, 5) is 0. The zero-order chi connectivity index (χ0) is 11.5. The van der Waals surface area contributed by atoms with E-state index in [2.05, 4.69) is 33.0 Å². The molecule has 0 aliphatic heterocycles. The van der Waals surface area contributed by atoms with E-state index in [4.69, 9.17) is 4.74 Å². The van der Waals surface area contributed by atoms with Gasteiger partial charge in [-0.05, 0) is 18.8 Å². The normalized spacial score (nSPS) is 11.6. The topological polar surface area (TPSA) is 21.3 Å². The maximum Gasteiger partial charge on any atom is 0.0591 e. The van der Waals surface area contributed by atoms with Crippen LogP contribution in [0.3, 0.4) is 0 Å². The molecule has 0 aromatic carbocycles. The fraction of sp³-hybridized carbons (Fsp3) is 1.00. The van der Waals surface area contributed by atoms with Gasteiger partial charge in [-0.25, -0.2) is 0 Å². The van der Waals surface area contributed by atoms with E-state index < -0.39 is 0 Å². The fourth-order valence-corrected chi connectivity index (χ4v) is 1.70. The predicted octanol–water partition coefficient (Wildman–Crippen LogP) is 3.22. The van der Waals surface area contributed by atoms with Crippen molar-refractivity contribution >= 4 is 0 Å². The third kappa shape index (κ3) is 10.2. The summed E-state index contributed by atoms with van der Waals surface area (Å²) >= 11 is 0. The molecule has 0 aromatic rings. The average molecular weight is 215 g/mol. The van der Waals surface area contributed by atoms with E-state index >= 15 is 0 Å². The molecule has 0 aromatic heterocycles. The Morgan fingerprint density at radius 1 is 1.07 bits per heavy atom. The van der Waals surface area contributed by atoms with Crippen molar-refractivity contribution in [3.63, 3.8) is 0 Å². The molecule has 0 amide bonds. The first-order valence-electron chi connectivity index (χ1n) is 6.51. The number of hydrogen-bond donors (Lipinski definition) is 1. The van der Waals surface area contributed by atoms with Gasteiger partial charge in [0.05, 0.1) is 6.61 Å². The highest BCUT2D eigenvalue weighted by Gasteiger charge is 2.04. The van der Waals surface area contributed by atoms with Crippen LogP contribution in [-0.4, -0.2) is 25.8 Å². The monoisotopic (exact) mass is 215 g/mol. The van der Waals surface area contributed by atoms with Crippen molar-refractivity contribution in [2.24, 2.45) is 5.92 Å². The Kier molecular flexibility index (Phi) is 10.4. The molecule has 15 heavy (non-hydrogen) atoms. The lowest BCUT2D eigenvalue weighted by Crippen LogP contribution is -2.32. The Hall–Kier alpha value is -0.0800. The van der Waals surface area contributed by atoms with Crippen LogP contribution in [0.4, 0.5) is 0 Å². The van der Waals surface area contributed by atoms with Gasteiger partial charge in [-0.15, -0.1) is 0 Å². The number of hydrogen-bond acceptors (Lipinski definition) is 2. The number of nitrogens with one attached hydrogen (secondary N) is 1. The van der Waals surface area contributed by atoms with Gasteiger partial charge in [0.2, 0.25) is 0 Å².